The lowest BCUT2D eigenvalue weighted by atomic mass is 10.1. The highest BCUT2D eigenvalue weighted by Gasteiger charge is 2.20. The predicted molar refractivity (Wildman–Crippen MR) is 87.0 cm³/mol. The van der Waals surface area contributed by atoms with Crippen molar-refractivity contribution in [3.63, 3.8) is 0 Å². The molecule has 0 spiro atoms. The largest absolute Gasteiger partial charge is 0.351 e. The van der Waals surface area contributed by atoms with Gasteiger partial charge in [-0.1, -0.05) is 11.6 Å². The summed E-state index contributed by atoms with van der Waals surface area (Å²) in [7, 11) is 0. The van der Waals surface area contributed by atoms with Crippen LogP contribution in [0.3, 0.4) is 0 Å². The number of carbonyl (C=O) groups is 1. The molecule has 0 aromatic heterocycles. The van der Waals surface area contributed by atoms with Gasteiger partial charge in [-0.25, -0.2) is 0 Å². The van der Waals surface area contributed by atoms with Crippen molar-refractivity contribution in [2.75, 3.05) is 39.3 Å². The highest BCUT2D eigenvalue weighted by atomic mass is 35.5. The standard InChI is InChI=1S/C13H17ClN4O3.ClH/c14-10-1-2-12(18(20)21)11(9-10)13(19)16-5-8-17-6-3-15-4-7-17;/h1-2,9,15H,3-8H2,(H,16,19);1H. The number of nitrogens with zero attached hydrogens (tertiary/aromatic N) is 2. The van der Waals surface area contributed by atoms with Crippen LogP contribution in [-0.2, 0) is 0 Å². The molecule has 0 bridgehead atoms. The fourth-order valence-corrected chi connectivity index (χ4v) is 2.38. The first-order chi connectivity index (χ1) is 10.1. The Labute approximate surface area is 139 Å². The van der Waals surface area contributed by atoms with E-state index < -0.39 is 10.8 Å². The SMILES string of the molecule is Cl.O=C(NCCN1CCNCC1)c1cc(Cl)ccc1[N+](=O)[O-]. The number of nitro benzene ring substituents is 1. The van der Waals surface area contributed by atoms with Crippen LogP contribution in [0.1, 0.15) is 10.4 Å². The minimum absolute atomic E-state index is 0. The zero-order chi connectivity index (χ0) is 15.2. The lowest BCUT2D eigenvalue weighted by Crippen LogP contribution is -2.46. The van der Waals surface area contributed by atoms with Crippen LogP contribution in [0.5, 0.6) is 0 Å². The minimum Gasteiger partial charge on any atom is -0.351 e. The van der Waals surface area contributed by atoms with E-state index in [0.29, 0.717) is 11.6 Å². The first kappa shape index (κ1) is 18.6. The van der Waals surface area contributed by atoms with Gasteiger partial charge in [-0.05, 0) is 12.1 Å². The molecule has 22 heavy (non-hydrogen) atoms. The van der Waals surface area contributed by atoms with E-state index in [9.17, 15) is 14.9 Å². The Balaban J connectivity index is 0.00000242. The lowest BCUT2D eigenvalue weighted by Gasteiger charge is -2.27. The summed E-state index contributed by atoms with van der Waals surface area (Å²) < 4.78 is 0. The average molecular weight is 349 g/mol. The van der Waals surface area contributed by atoms with Crippen molar-refractivity contribution in [3.05, 3.63) is 38.9 Å². The van der Waals surface area contributed by atoms with Gasteiger partial charge in [0.25, 0.3) is 11.6 Å². The molecule has 2 rings (SSSR count). The van der Waals surface area contributed by atoms with E-state index in [1.807, 2.05) is 0 Å². The Morgan fingerprint density at radius 2 is 2.09 bits per heavy atom. The van der Waals surface area contributed by atoms with Crippen molar-refractivity contribution >= 4 is 35.6 Å². The minimum atomic E-state index is -0.582. The number of carbonyl (C=O) groups excluding carboxylic acids is 1. The maximum atomic E-state index is 12.1. The van der Waals surface area contributed by atoms with Crippen molar-refractivity contribution in [2.45, 2.75) is 0 Å². The number of piperazine rings is 1. The molecule has 1 saturated heterocycles. The quantitative estimate of drug-likeness (QED) is 0.618. The molecule has 0 atom stereocenters. The van der Waals surface area contributed by atoms with Crippen molar-refractivity contribution in [1.29, 1.82) is 0 Å². The summed E-state index contributed by atoms with van der Waals surface area (Å²) in [6.45, 7) is 4.92. The van der Waals surface area contributed by atoms with E-state index in [4.69, 9.17) is 11.6 Å². The summed E-state index contributed by atoms with van der Waals surface area (Å²) >= 11 is 5.80. The maximum Gasteiger partial charge on any atom is 0.282 e. The number of hydrogen-bond donors (Lipinski definition) is 2. The Bertz CT molecular complexity index is 536. The van der Waals surface area contributed by atoms with Crippen LogP contribution in [-0.4, -0.2) is 55.0 Å². The summed E-state index contributed by atoms with van der Waals surface area (Å²) in [4.78, 5) is 24.6. The maximum absolute atomic E-state index is 12.1. The summed E-state index contributed by atoms with van der Waals surface area (Å²) in [5.41, 5.74) is -0.244. The first-order valence-electron chi connectivity index (χ1n) is 6.73. The number of nitrogens with one attached hydrogen (secondary N) is 2. The molecular weight excluding hydrogens is 331 g/mol. The topological polar surface area (TPSA) is 87.5 Å². The summed E-state index contributed by atoms with van der Waals surface area (Å²) in [5.74, 6) is -0.473. The second kappa shape index (κ2) is 8.89. The highest BCUT2D eigenvalue weighted by Crippen LogP contribution is 2.22. The molecule has 0 saturated carbocycles. The van der Waals surface area contributed by atoms with E-state index in [0.717, 1.165) is 32.7 Å². The molecule has 1 aromatic rings. The number of halogens is 2. The van der Waals surface area contributed by atoms with Gasteiger partial charge in [0, 0.05) is 50.4 Å². The van der Waals surface area contributed by atoms with Crippen LogP contribution in [0.4, 0.5) is 5.69 Å². The molecule has 0 aliphatic carbocycles. The summed E-state index contributed by atoms with van der Waals surface area (Å²) in [6.07, 6.45) is 0. The predicted octanol–water partition coefficient (Wildman–Crippen LogP) is 1.30. The fraction of sp³-hybridized carbons (Fsp3) is 0.462. The zero-order valence-electron chi connectivity index (χ0n) is 11.9. The van der Waals surface area contributed by atoms with Crippen molar-refractivity contribution < 1.29 is 9.72 Å². The average Bonchev–Trinajstić information content (AvgIpc) is 2.47. The van der Waals surface area contributed by atoms with Crippen LogP contribution in [0.25, 0.3) is 0 Å². The second-order valence-corrected chi connectivity index (χ2v) is 5.20. The normalized spacial score (nSPS) is 15.0. The molecule has 9 heteroatoms. The van der Waals surface area contributed by atoms with Gasteiger partial charge in [0.1, 0.15) is 5.56 Å². The smallest absolute Gasteiger partial charge is 0.282 e. The highest BCUT2D eigenvalue weighted by molar-refractivity contribution is 6.31. The Hall–Kier alpha value is -1.41. The van der Waals surface area contributed by atoms with E-state index in [-0.39, 0.29) is 23.7 Å². The third kappa shape index (κ3) is 5.10. The first-order valence-corrected chi connectivity index (χ1v) is 7.11. The van der Waals surface area contributed by atoms with Gasteiger partial charge in [-0.3, -0.25) is 19.8 Å². The van der Waals surface area contributed by atoms with Gasteiger partial charge in [-0.2, -0.15) is 0 Å². The van der Waals surface area contributed by atoms with E-state index in [2.05, 4.69) is 15.5 Å². The number of benzene rings is 1. The van der Waals surface area contributed by atoms with Gasteiger partial charge in [0.15, 0.2) is 0 Å². The fourth-order valence-electron chi connectivity index (χ4n) is 2.21. The van der Waals surface area contributed by atoms with Crippen LogP contribution in [0, 0.1) is 10.1 Å². The van der Waals surface area contributed by atoms with Gasteiger partial charge >= 0.3 is 0 Å². The van der Waals surface area contributed by atoms with Crippen LogP contribution >= 0.6 is 24.0 Å². The van der Waals surface area contributed by atoms with Gasteiger partial charge in [0.2, 0.25) is 0 Å². The Morgan fingerprint density at radius 3 is 2.73 bits per heavy atom. The molecule has 1 amide bonds. The summed E-state index contributed by atoms with van der Waals surface area (Å²) in [6, 6.07) is 3.96. The second-order valence-electron chi connectivity index (χ2n) is 4.77. The van der Waals surface area contributed by atoms with Crippen LogP contribution in [0.2, 0.25) is 5.02 Å². The van der Waals surface area contributed by atoms with Gasteiger partial charge < -0.3 is 10.6 Å². The monoisotopic (exact) mass is 348 g/mol. The zero-order valence-corrected chi connectivity index (χ0v) is 13.5. The molecule has 1 aromatic carbocycles. The van der Waals surface area contributed by atoms with Gasteiger partial charge in [0.05, 0.1) is 4.92 Å². The van der Waals surface area contributed by atoms with Crippen LogP contribution in [0.15, 0.2) is 18.2 Å². The molecule has 1 aliphatic rings. The molecule has 122 valence electrons. The number of nitro groups is 1. The third-order valence-corrected chi connectivity index (χ3v) is 3.56. The molecule has 7 nitrogen and oxygen atoms in total. The summed E-state index contributed by atoms with van der Waals surface area (Å²) in [5, 5.41) is 17.2. The lowest BCUT2D eigenvalue weighted by molar-refractivity contribution is -0.385. The van der Waals surface area contributed by atoms with Crippen molar-refractivity contribution in [1.82, 2.24) is 15.5 Å². The van der Waals surface area contributed by atoms with E-state index in [1.54, 1.807) is 0 Å². The molecule has 0 unspecified atom stereocenters. The van der Waals surface area contributed by atoms with E-state index in [1.165, 1.54) is 18.2 Å². The third-order valence-electron chi connectivity index (χ3n) is 3.32. The Morgan fingerprint density at radius 1 is 1.41 bits per heavy atom. The van der Waals surface area contributed by atoms with Gasteiger partial charge in [-0.15, -0.1) is 12.4 Å². The molecular formula is C13H18Cl2N4O3. The van der Waals surface area contributed by atoms with Crippen molar-refractivity contribution in [3.8, 4) is 0 Å². The molecule has 1 heterocycles. The molecule has 0 radical (unpaired) electrons. The Kier molecular flexibility index (Phi) is 7.53. The molecule has 1 aliphatic heterocycles. The number of hydrogen-bond acceptors (Lipinski definition) is 5. The molecule has 1 fully saturated rings. The number of amides is 1. The molecule has 2 N–H and O–H groups in total. The van der Waals surface area contributed by atoms with Crippen LogP contribution < -0.4 is 10.6 Å². The number of rotatable bonds is 5. The van der Waals surface area contributed by atoms with Crippen molar-refractivity contribution in [2.24, 2.45) is 0 Å². The van der Waals surface area contributed by atoms with E-state index >= 15 is 0 Å².